The molecule has 0 bridgehead atoms. The van der Waals surface area contributed by atoms with Gasteiger partial charge in [0.1, 0.15) is 6.26 Å². The molecule has 164 valence electrons. The zero-order valence-electron chi connectivity index (χ0n) is 18.6. The van der Waals surface area contributed by atoms with Crippen molar-refractivity contribution in [2.24, 2.45) is 10.4 Å². The van der Waals surface area contributed by atoms with Crippen molar-refractivity contribution in [1.82, 2.24) is 14.7 Å². The van der Waals surface area contributed by atoms with Crippen LogP contribution in [0, 0.1) is 12.3 Å². The molecular weight excluding hydrogens is 427 g/mol. The van der Waals surface area contributed by atoms with Gasteiger partial charge in [0.15, 0.2) is 5.82 Å². The molecular formula is C23H29N4O2PS. The van der Waals surface area contributed by atoms with E-state index in [1.807, 2.05) is 29.8 Å². The minimum atomic E-state index is -2.52. The Balaban J connectivity index is 1.78. The fourth-order valence-electron chi connectivity index (χ4n) is 4.95. The number of benzene rings is 1. The van der Waals surface area contributed by atoms with E-state index in [2.05, 4.69) is 30.9 Å². The average molecular weight is 457 g/mol. The van der Waals surface area contributed by atoms with Crippen LogP contribution >= 0.6 is 6.26 Å². The number of aryl methyl sites for hydroxylation is 1. The molecule has 1 aliphatic carbocycles. The number of aliphatic imine (C=N–C) groups is 1. The summed E-state index contributed by atoms with van der Waals surface area (Å²) < 4.78 is 13.8. The normalized spacial score (nSPS) is 25.2. The topological polar surface area (TPSA) is 51.9 Å². The lowest BCUT2D eigenvalue weighted by Crippen LogP contribution is -2.41. The first kappa shape index (κ1) is 21.1. The van der Waals surface area contributed by atoms with Gasteiger partial charge in [0.25, 0.3) is 0 Å². The van der Waals surface area contributed by atoms with Crippen molar-refractivity contribution in [3.05, 3.63) is 47.0 Å². The summed E-state index contributed by atoms with van der Waals surface area (Å²) in [7, 11) is 1.76. The maximum absolute atomic E-state index is 6.42. The number of aromatic nitrogens is 2. The van der Waals surface area contributed by atoms with Crippen molar-refractivity contribution < 1.29 is 9.26 Å². The molecule has 0 N–H and O–H groups in total. The van der Waals surface area contributed by atoms with Crippen LogP contribution in [0.5, 0.6) is 0 Å². The number of hydrogen-bond donors (Lipinski definition) is 0. The lowest BCUT2D eigenvalue weighted by molar-refractivity contribution is 0.0489. The number of allylic oxidation sites excluding steroid dienone is 2. The first-order valence-electron chi connectivity index (χ1n) is 10.8. The van der Waals surface area contributed by atoms with Gasteiger partial charge < -0.3 is 14.2 Å². The van der Waals surface area contributed by atoms with Crippen molar-refractivity contribution in [3.8, 4) is 5.69 Å². The molecule has 5 rings (SSSR count). The first-order valence-corrected chi connectivity index (χ1v) is 13.5. The molecule has 0 spiro atoms. The van der Waals surface area contributed by atoms with Gasteiger partial charge in [-0.05, 0) is 37.3 Å². The standard InChI is InChI=1S/C23H29N4O2PS/c1-16-20-22(27(25-16)17-8-6-5-7-9-17)24-18-14-23(2,3)15-19(21(18)30(20,31)28-4)26-10-12-29-13-11-26/h5-9H,10-15H2,1-4H3. The summed E-state index contributed by atoms with van der Waals surface area (Å²) >= 11 is 6.42. The van der Waals surface area contributed by atoms with Gasteiger partial charge in [-0.15, -0.1) is 0 Å². The van der Waals surface area contributed by atoms with Gasteiger partial charge >= 0.3 is 0 Å². The fraction of sp³-hybridized carbons (Fsp3) is 0.478. The van der Waals surface area contributed by atoms with E-state index in [1.54, 1.807) is 7.11 Å². The van der Waals surface area contributed by atoms with E-state index < -0.39 is 6.26 Å². The maximum atomic E-state index is 6.42. The Labute approximate surface area is 189 Å². The summed E-state index contributed by atoms with van der Waals surface area (Å²) in [5.74, 6) is 0.840. The number of rotatable bonds is 3. The van der Waals surface area contributed by atoms with E-state index in [1.165, 1.54) is 5.70 Å². The minimum Gasteiger partial charge on any atom is -0.378 e. The molecule has 1 aromatic heterocycles. The van der Waals surface area contributed by atoms with Crippen LogP contribution in [0.3, 0.4) is 0 Å². The van der Waals surface area contributed by atoms with E-state index in [9.17, 15) is 0 Å². The van der Waals surface area contributed by atoms with E-state index in [4.69, 9.17) is 31.2 Å². The zero-order valence-corrected chi connectivity index (χ0v) is 20.3. The molecule has 2 aromatic rings. The third-order valence-electron chi connectivity index (χ3n) is 6.32. The first-order chi connectivity index (χ1) is 14.8. The van der Waals surface area contributed by atoms with E-state index in [0.29, 0.717) is 0 Å². The molecule has 0 saturated carbocycles. The summed E-state index contributed by atoms with van der Waals surface area (Å²) in [5, 5.41) is 7.03. The van der Waals surface area contributed by atoms with Gasteiger partial charge in [-0.1, -0.05) is 43.9 Å². The Morgan fingerprint density at radius 2 is 1.84 bits per heavy atom. The molecule has 2 aliphatic heterocycles. The monoisotopic (exact) mass is 456 g/mol. The summed E-state index contributed by atoms with van der Waals surface area (Å²) in [6.07, 6.45) is -0.654. The van der Waals surface area contributed by atoms with Crippen LogP contribution in [0.4, 0.5) is 5.82 Å². The molecule has 1 saturated heterocycles. The molecule has 31 heavy (non-hydrogen) atoms. The van der Waals surface area contributed by atoms with E-state index >= 15 is 0 Å². The van der Waals surface area contributed by atoms with Crippen LogP contribution in [0.1, 0.15) is 32.4 Å². The Kier molecular flexibility index (Phi) is 5.21. The van der Waals surface area contributed by atoms with Gasteiger partial charge in [0, 0.05) is 25.9 Å². The maximum Gasteiger partial charge on any atom is 0.167 e. The highest BCUT2D eigenvalue weighted by molar-refractivity contribution is 8.18. The van der Waals surface area contributed by atoms with Crippen molar-refractivity contribution in [3.63, 3.8) is 0 Å². The predicted octanol–water partition coefficient (Wildman–Crippen LogP) is 4.30. The van der Waals surface area contributed by atoms with Crippen molar-refractivity contribution in [2.75, 3.05) is 33.4 Å². The average Bonchev–Trinajstić information content (AvgIpc) is 3.10. The van der Waals surface area contributed by atoms with Gasteiger partial charge in [-0.3, -0.25) is 0 Å². The van der Waals surface area contributed by atoms with Gasteiger partial charge in [-0.2, -0.15) is 5.10 Å². The molecule has 0 amide bonds. The van der Waals surface area contributed by atoms with Crippen molar-refractivity contribution in [2.45, 2.75) is 33.6 Å². The van der Waals surface area contributed by atoms with Crippen LogP contribution in [-0.4, -0.2) is 53.8 Å². The fourth-order valence-corrected chi connectivity index (χ4v) is 8.72. The Hall–Kier alpha value is -1.79. The highest BCUT2D eigenvalue weighted by Crippen LogP contribution is 2.63. The summed E-state index contributed by atoms with van der Waals surface area (Å²) in [6.45, 7) is 9.93. The number of morpholine rings is 1. The smallest absolute Gasteiger partial charge is 0.167 e. The lowest BCUT2D eigenvalue weighted by atomic mass is 9.78. The van der Waals surface area contributed by atoms with Crippen LogP contribution in [0.25, 0.3) is 5.69 Å². The van der Waals surface area contributed by atoms with E-state index in [-0.39, 0.29) is 5.41 Å². The molecule has 8 heteroatoms. The second kappa shape index (κ2) is 7.66. The molecule has 3 aliphatic rings. The molecule has 6 nitrogen and oxygen atoms in total. The highest BCUT2D eigenvalue weighted by atomic mass is 32.4. The Bertz CT molecular complexity index is 1130. The third-order valence-corrected chi connectivity index (χ3v) is 10.6. The zero-order chi connectivity index (χ0) is 21.8. The highest BCUT2D eigenvalue weighted by Gasteiger charge is 2.46. The second-order valence-corrected chi connectivity index (χ2v) is 13.1. The lowest BCUT2D eigenvalue weighted by Gasteiger charge is -2.44. The SMILES string of the molecule is COP1(=S)C2=C(N3CCOCC3)CC(C)(C)CC2=Nc2c1c(C)nn2-c1ccccc1. The predicted molar refractivity (Wildman–Crippen MR) is 129 cm³/mol. The number of ether oxygens (including phenoxy) is 1. The number of nitrogens with zero attached hydrogens (tertiary/aromatic N) is 4. The molecule has 0 radical (unpaired) electrons. The van der Waals surface area contributed by atoms with Crippen molar-refractivity contribution >= 4 is 34.9 Å². The van der Waals surface area contributed by atoms with Gasteiger partial charge in [0.05, 0.1) is 40.9 Å². The van der Waals surface area contributed by atoms with Crippen LogP contribution < -0.4 is 5.30 Å². The van der Waals surface area contributed by atoms with Gasteiger partial charge in [0.2, 0.25) is 0 Å². The molecule has 1 unspecified atom stereocenters. The number of hydrogen-bond acceptors (Lipinski definition) is 6. The second-order valence-electron chi connectivity index (χ2n) is 9.21. The largest absolute Gasteiger partial charge is 0.378 e. The van der Waals surface area contributed by atoms with E-state index in [0.717, 1.165) is 72.7 Å². The minimum absolute atomic E-state index is 0.105. The Morgan fingerprint density at radius 1 is 1.13 bits per heavy atom. The Morgan fingerprint density at radius 3 is 2.52 bits per heavy atom. The molecule has 1 atom stereocenters. The summed E-state index contributed by atoms with van der Waals surface area (Å²) in [6, 6.07) is 10.2. The summed E-state index contributed by atoms with van der Waals surface area (Å²) in [5.41, 5.74) is 4.39. The van der Waals surface area contributed by atoms with Crippen LogP contribution in [0.15, 0.2) is 46.3 Å². The van der Waals surface area contributed by atoms with Crippen LogP contribution in [0.2, 0.25) is 0 Å². The molecule has 3 heterocycles. The third kappa shape index (κ3) is 3.43. The number of para-hydroxylation sites is 1. The quantitative estimate of drug-likeness (QED) is 0.645. The van der Waals surface area contributed by atoms with Crippen molar-refractivity contribution in [1.29, 1.82) is 0 Å². The number of fused-ring (bicyclic) bond motifs is 2. The molecule has 1 fully saturated rings. The van der Waals surface area contributed by atoms with Gasteiger partial charge in [-0.25, -0.2) is 9.67 Å². The molecule has 1 aromatic carbocycles. The van der Waals surface area contributed by atoms with Crippen LogP contribution in [-0.2, 0) is 21.1 Å². The summed E-state index contributed by atoms with van der Waals surface area (Å²) in [4.78, 5) is 7.69.